The Morgan fingerprint density at radius 3 is 2.35 bits per heavy atom. The number of carboxylic acid groups (broad SMARTS) is 1. The van der Waals surface area contributed by atoms with Gasteiger partial charge in [0.25, 0.3) is 0 Å². The smallest absolute Gasteiger partial charge is 0.317 e. The molecule has 0 spiro atoms. The highest BCUT2D eigenvalue weighted by Crippen LogP contribution is 2.18. The lowest BCUT2D eigenvalue weighted by Gasteiger charge is -2.14. The lowest BCUT2D eigenvalue weighted by Crippen LogP contribution is -2.25. The van der Waals surface area contributed by atoms with E-state index >= 15 is 0 Å². The van der Waals surface area contributed by atoms with Crippen molar-refractivity contribution in [1.29, 1.82) is 0 Å². The summed E-state index contributed by atoms with van der Waals surface area (Å²) in [7, 11) is 0. The van der Waals surface area contributed by atoms with Gasteiger partial charge in [-0.2, -0.15) is 0 Å². The molecule has 2 N–H and O–H groups in total. The Morgan fingerprint density at radius 2 is 1.88 bits per heavy atom. The van der Waals surface area contributed by atoms with E-state index in [-0.39, 0.29) is 18.7 Å². The van der Waals surface area contributed by atoms with Crippen LogP contribution in [0.3, 0.4) is 0 Å². The third kappa shape index (κ3) is 4.87. The van der Waals surface area contributed by atoms with E-state index in [0.29, 0.717) is 0 Å². The van der Waals surface area contributed by atoms with Gasteiger partial charge in [0, 0.05) is 6.04 Å². The molecule has 4 nitrogen and oxygen atoms in total. The molecule has 4 heteroatoms. The molecular weight excluding hydrogens is 218 g/mol. The molecule has 0 saturated carbocycles. The standard InChI is InChI=1S/C13H19NO3/c1-9(2)17-12-6-4-11(5-7-12)10(3)14-8-13(15)16/h4-7,9-10,14H,8H2,1-3H3,(H,15,16). The van der Waals surface area contributed by atoms with Crippen LogP contribution in [-0.4, -0.2) is 23.7 Å². The zero-order valence-electron chi connectivity index (χ0n) is 10.4. The van der Waals surface area contributed by atoms with Crippen molar-refractivity contribution in [2.45, 2.75) is 32.9 Å². The Morgan fingerprint density at radius 1 is 1.29 bits per heavy atom. The summed E-state index contributed by atoms with van der Waals surface area (Å²) in [6.45, 7) is 5.85. The quantitative estimate of drug-likeness (QED) is 0.796. The molecule has 1 aromatic rings. The van der Waals surface area contributed by atoms with Gasteiger partial charge in [0.1, 0.15) is 5.75 Å². The fourth-order valence-corrected chi connectivity index (χ4v) is 1.47. The van der Waals surface area contributed by atoms with Crippen molar-refractivity contribution in [1.82, 2.24) is 5.32 Å². The number of carboxylic acids is 1. The second-order valence-corrected chi connectivity index (χ2v) is 4.23. The Balaban J connectivity index is 2.57. The first-order valence-corrected chi connectivity index (χ1v) is 5.71. The highest BCUT2D eigenvalue weighted by Gasteiger charge is 2.07. The zero-order valence-corrected chi connectivity index (χ0v) is 10.4. The van der Waals surface area contributed by atoms with Crippen LogP contribution in [0, 0.1) is 0 Å². The van der Waals surface area contributed by atoms with Gasteiger partial charge in [0.2, 0.25) is 0 Å². The molecule has 0 radical (unpaired) electrons. The molecule has 0 aliphatic carbocycles. The van der Waals surface area contributed by atoms with Gasteiger partial charge < -0.3 is 15.2 Å². The number of benzene rings is 1. The number of nitrogens with one attached hydrogen (secondary N) is 1. The van der Waals surface area contributed by atoms with Gasteiger partial charge in [0.15, 0.2) is 0 Å². The van der Waals surface area contributed by atoms with Crippen molar-refractivity contribution in [3.05, 3.63) is 29.8 Å². The van der Waals surface area contributed by atoms with Gasteiger partial charge in [-0.3, -0.25) is 4.79 Å². The molecule has 1 unspecified atom stereocenters. The minimum atomic E-state index is -0.850. The van der Waals surface area contributed by atoms with Gasteiger partial charge >= 0.3 is 5.97 Å². The normalized spacial score (nSPS) is 12.5. The van der Waals surface area contributed by atoms with Crippen LogP contribution in [0.1, 0.15) is 32.4 Å². The van der Waals surface area contributed by atoms with Crippen molar-refractivity contribution >= 4 is 5.97 Å². The van der Waals surface area contributed by atoms with Crippen molar-refractivity contribution in [2.75, 3.05) is 6.54 Å². The van der Waals surface area contributed by atoms with Crippen LogP contribution < -0.4 is 10.1 Å². The Labute approximate surface area is 102 Å². The van der Waals surface area contributed by atoms with Crippen molar-refractivity contribution in [3.63, 3.8) is 0 Å². The molecule has 0 heterocycles. The predicted octanol–water partition coefficient (Wildman–Crippen LogP) is 2.21. The Kier molecular flexibility index (Phi) is 4.97. The Hall–Kier alpha value is -1.55. The molecule has 94 valence electrons. The molecule has 1 rings (SSSR count). The van der Waals surface area contributed by atoms with E-state index in [1.807, 2.05) is 45.0 Å². The first-order chi connectivity index (χ1) is 7.99. The topological polar surface area (TPSA) is 58.6 Å². The van der Waals surface area contributed by atoms with Gasteiger partial charge in [-0.25, -0.2) is 0 Å². The maximum absolute atomic E-state index is 10.4. The van der Waals surface area contributed by atoms with E-state index in [1.165, 1.54) is 0 Å². The summed E-state index contributed by atoms with van der Waals surface area (Å²) < 4.78 is 5.53. The largest absolute Gasteiger partial charge is 0.491 e. The van der Waals surface area contributed by atoms with E-state index in [9.17, 15) is 4.79 Å². The van der Waals surface area contributed by atoms with Crippen molar-refractivity contribution < 1.29 is 14.6 Å². The van der Waals surface area contributed by atoms with Crippen LogP contribution >= 0.6 is 0 Å². The van der Waals surface area contributed by atoms with Gasteiger partial charge in [0.05, 0.1) is 12.6 Å². The fourth-order valence-electron chi connectivity index (χ4n) is 1.47. The van der Waals surface area contributed by atoms with E-state index in [0.717, 1.165) is 11.3 Å². The monoisotopic (exact) mass is 237 g/mol. The summed E-state index contributed by atoms with van der Waals surface area (Å²) in [6.07, 6.45) is 0.156. The van der Waals surface area contributed by atoms with Crippen LogP contribution in [0.2, 0.25) is 0 Å². The summed E-state index contributed by atoms with van der Waals surface area (Å²) in [5.41, 5.74) is 1.04. The number of rotatable bonds is 6. The molecule has 1 atom stereocenters. The van der Waals surface area contributed by atoms with Crippen LogP contribution in [0.4, 0.5) is 0 Å². The molecule has 0 aromatic heterocycles. The van der Waals surface area contributed by atoms with E-state index < -0.39 is 5.97 Å². The molecule has 0 fully saturated rings. The average molecular weight is 237 g/mol. The molecular formula is C13H19NO3. The van der Waals surface area contributed by atoms with Crippen LogP contribution in [0.15, 0.2) is 24.3 Å². The molecule has 0 saturated heterocycles. The molecule has 1 aromatic carbocycles. The average Bonchev–Trinajstić information content (AvgIpc) is 2.26. The lowest BCUT2D eigenvalue weighted by molar-refractivity contribution is -0.136. The van der Waals surface area contributed by atoms with E-state index in [2.05, 4.69) is 5.32 Å². The van der Waals surface area contributed by atoms with E-state index in [4.69, 9.17) is 9.84 Å². The number of ether oxygens (including phenoxy) is 1. The highest BCUT2D eigenvalue weighted by atomic mass is 16.5. The summed E-state index contributed by atoms with van der Waals surface area (Å²) in [5, 5.41) is 11.5. The number of hydrogen-bond acceptors (Lipinski definition) is 3. The van der Waals surface area contributed by atoms with Crippen molar-refractivity contribution in [3.8, 4) is 5.75 Å². The van der Waals surface area contributed by atoms with E-state index in [1.54, 1.807) is 0 Å². The van der Waals surface area contributed by atoms with Gasteiger partial charge in [-0.1, -0.05) is 12.1 Å². The third-order valence-electron chi connectivity index (χ3n) is 2.31. The highest BCUT2D eigenvalue weighted by molar-refractivity contribution is 5.69. The number of hydrogen-bond donors (Lipinski definition) is 2. The maximum Gasteiger partial charge on any atom is 0.317 e. The predicted molar refractivity (Wildman–Crippen MR) is 66.3 cm³/mol. The van der Waals surface area contributed by atoms with Crippen LogP contribution in [0.5, 0.6) is 5.75 Å². The number of aliphatic carboxylic acids is 1. The molecule has 0 aliphatic rings. The third-order valence-corrected chi connectivity index (χ3v) is 2.31. The molecule has 17 heavy (non-hydrogen) atoms. The van der Waals surface area contributed by atoms with Crippen LogP contribution in [0.25, 0.3) is 0 Å². The van der Waals surface area contributed by atoms with Crippen molar-refractivity contribution in [2.24, 2.45) is 0 Å². The molecule has 0 bridgehead atoms. The summed E-state index contributed by atoms with van der Waals surface area (Å²) in [6, 6.07) is 7.69. The summed E-state index contributed by atoms with van der Waals surface area (Å²) in [5.74, 6) is -0.0224. The minimum Gasteiger partial charge on any atom is -0.491 e. The van der Waals surface area contributed by atoms with Crippen LogP contribution in [-0.2, 0) is 4.79 Å². The Bertz CT molecular complexity index is 359. The fraction of sp³-hybridized carbons (Fsp3) is 0.462. The van der Waals surface area contributed by atoms with Gasteiger partial charge in [-0.15, -0.1) is 0 Å². The summed E-state index contributed by atoms with van der Waals surface area (Å²) in [4.78, 5) is 10.4. The van der Waals surface area contributed by atoms with Gasteiger partial charge in [-0.05, 0) is 38.5 Å². The summed E-state index contributed by atoms with van der Waals surface area (Å²) >= 11 is 0. The first-order valence-electron chi connectivity index (χ1n) is 5.71. The second-order valence-electron chi connectivity index (χ2n) is 4.23. The molecule has 0 amide bonds. The second kappa shape index (κ2) is 6.25. The first kappa shape index (κ1) is 13.5. The zero-order chi connectivity index (χ0) is 12.8. The lowest BCUT2D eigenvalue weighted by atomic mass is 10.1. The maximum atomic E-state index is 10.4. The SMILES string of the molecule is CC(C)Oc1ccc(C(C)NCC(=O)O)cc1. The minimum absolute atomic E-state index is 0.0131. The number of carbonyl (C=O) groups is 1. The molecule has 0 aliphatic heterocycles.